The smallest absolute Gasteiger partial charge is 0.247 e. The van der Waals surface area contributed by atoms with Crippen LogP contribution in [0.25, 0.3) is 0 Å². The number of hydrogen-bond donors (Lipinski definition) is 5. The van der Waals surface area contributed by atoms with E-state index in [0.29, 0.717) is 32.2 Å². The van der Waals surface area contributed by atoms with Crippen molar-refractivity contribution in [1.82, 2.24) is 15.1 Å². The Balaban J connectivity index is 1.96. The van der Waals surface area contributed by atoms with Crippen LogP contribution in [-0.2, 0) is 25.6 Å². The van der Waals surface area contributed by atoms with Gasteiger partial charge in [-0.1, -0.05) is 30.3 Å². The third kappa shape index (κ3) is 5.53. The molecule has 0 bridgehead atoms. The van der Waals surface area contributed by atoms with E-state index < -0.39 is 53.6 Å². The SMILES string of the molecule is C[C@@H](O)C(N)C(=O)N1CCC[C@H]1C(=O)N1CCCC1(Cc1ccccc1)C(=O)NC(C(N)=O)[C@@H](C)O. The van der Waals surface area contributed by atoms with Crippen LogP contribution in [0.3, 0.4) is 0 Å². The van der Waals surface area contributed by atoms with Crippen molar-refractivity contribution < 1.29 is 29.4 Å². The fourth-order valence-electron chi connectivity index (χ4n) is 5.20. The van der Waals surface area contributed by atoms with Gasteiger partial charge < -0.3 is 36.8 Å². The zero-order valence-corrected chi connectivity index (χ0v) is 20.8. The fraction of sp³-hybridized carbons (Fsp3) is 0.600. The Morgan fingerprint density at radius 1 is 1.08 bits per heavy atom. The van der Waals surface area contributed by atoms with E-state index in [2.05, 4.69) is 5.32 Å². The van der Waals surface area contributed by atoms with Crippen LogP contribution >= 0.6 is 0 Å². The van der Waals surface area contributed by atoms with Gasteiger partial charge in [0.2, 0.25) is 23.6 Å². The Bertz CT molecular complexity index is 971. The molecule has 6 atom stereocenters. The highest BCUT2D eigenvalue weighted by atomic mass is 16.3. The lowest BCUT2D eigenvalue weighted by Crippen LogP contribution is -2.65. The van der Waals surface area contributed by atoms with Gasteiger partial charge in [0.15, 0.2) is 0 Å². The second-order valence-corrected chi connectivity index (χ2v) is 9.84. The molecular weight excluding hydrogens is 466 g/mol. The zero-order chi connectivity index (χ0) is 26.6. The van der Waals surface area contributed by atoms with Crippen LogP contribution < -0.4 is 16.8 Å². The summed E-state index contributed by atoms with van der Waals surface area (Å²) in [7, 11) is 0. The molecule has 4 amide bonds. The Morgan fingerprint density at radius 2 is 1.75 bits per heavy atom. The number of hydrogen-bond acceptors (Lipinski definition) is 7. The van der Waals surface area contributed by atoms with Gasteiger partial charge in [0.25, 0.3) is 0 Å². The summed E-state index contributed by atoms with van der Waals surface area (Å²) in [6, 6.07) is 5.92. The normalized spacial score (nSPS) is 25.2. The summed E-state index contributed by atoms with van der Waals surface area (Å²) in [5.74, 6) is -2.36. The summed E-state index contributed by atoms with van der Waals surface area (Å²) in [6.07, 6.45) is -0.246. The van der Waals surface area contributed by atoms with Gasteiger partial charge in [-0.3, -0.25) is 19.2 Å². The first-order valence-electron chi connectivity index (χ1n) is 12.4. The van der Waals surface area contributed by atoms with Crippen molar-refractivity contribution in [2.24, 2.45) is 11.5 Å². The molecule has 2 aliphatic rings. The molecular formula is C25H37N5O6. The molecule has 3 unspecified atom stereocenters. The summed E-state index contributed by atoms with van der Waals surface area (Å²) in [5, 5.41) is 22.4. The molecule has 36 heavy (non-hydrogen) atoms. The highest BCUT2D eigenvalue weighted by Crippen LogP contribution is 2.36. The molecule has 1 aromatic carbocycles. The minimum Gasteiger partial charge on any atom is -0.391 e. The lowest BCUT2D eigenvalue weighted by molar-refractivity contribution is -0.152. The molecule has 11 nitrogen and oxygen atoms in total. The maximum Gasteiger partial charge on any atom is 0.247 e. The lowest BCUT2D eigenvalue weighted by atomic mass is 9.86. The van der Waals surface area contributed by atoms with E-state index in [1.54, 1.807) is 0 Å². The molecule has 1 aromatic rings. The summed E-state index contributed by atoms with van der Waals surface area (Å²) >= 11 is 0. The van der Waals surface area contributed by atoms with E-state index >= 15 is 0 Å². The summed E-state index contributed by atoms with van der Waals surface area (Å²) in [6.45, 7) is 3.39. The standard InChI is InChI=1S/C25H37N5O6/c1-15(31)19(26)23(35)29-12-6-10-18(29)22(34)30-13-7-11-25(30,14-17-8-4-3-5-9-17)24(36)28-20(16(2)32)21(27)33/h3-5,8-9,15-16,18-20,31-32H,6-7,10-14,26H2,1-2H3,(H2,27,33)(H,28,36)/t15-,16-,18+,19?,20?,25?/m1/s1. The van der Waals surface area contributed by atoms with Gasteiger partial charge in [0.05, 0.1) is 12.2 Å². The number of likely N-dealkylation sites (tertiary alicyclic amines) is 2. The number of carbonyl (C=O) groups excluding carboxylic acids is 4. The average molecular weight is 504 g/mol. The van der Waals surface area contributed by atoms with E-state index in [9.17, 15) is 29.4 Å². The maximum atomic E-state index is 13.9. The number of nitrogens with one attached hydrogen (secondary N) is 1. The predicted octanol–water partition coefficient (Wildman–Crippen LogP) is -1.36. The Kier molecular flexibility index (Phi) is 8.70. The Labute approximate surface area is 210 Å². The largest absolute Gasteiger partial charge is 0.391 e. The number of primary amides is 1. The van der Waals surface area contributed by atoms with Gasteiger partial charge >= 0.3 is 0 Å². The highest BCUT2D eigenvalue weighted by molar-refractivity contribution is 5.98. The van der Waals surface area contributed by atoms with Crippen LogP contribution in [-0.4, -0.2) is 92.6 Å². The second-order valence-electron chi connectivity index (χ2n) is 9.84. The molecule has 0 aliphatic carbocycles. The molecule has 11 heteroatoms. The van der Waals surface area contributed by atoms with E-state index in [1.807, 2.05) is 30.3 Å². The molecule has 3 rings (SSSR count). The molecule has 2 fully saturated rings. The van der Waals surface area contributed by atoms with Gasteiger partial charge in [0.1, 0.15) is 23.7 Å². The molecule has 198 valence electrons. The molecule has 2 saturated heterocycles. The fourth-order valence-corrected chi connectivity index (χ4v) is 5.20. The quantitative estimate of drug-likeness (QED) is 0.276. The topological polar surface area (TPSA) is 179 Å². The molecule has 0 saturated carbocycles. The number of carbonyl (C=O) groups is 4. The van der Waals surface area contributed by atoms with E-state index in [1.165, 1.54) is 23.6 Å². The van der Waals surface area contributed by atoms with Gasteiger partial charge in [0, 0.05) is 19.5 Å². The van der Waals surface area contributed by atoms with Crippen molar-refractivity contribution in [2.45, 2.75) is 81.8 Å². The van der Waals surface area contributed by atoms with Crippen LogP contribution in [0.4, 0.5) is 0 Å². The van der Waals surface area contributed by atoms with Crippen molar-refractivity contribution in [1.29, 1.82) is 0 Å². The van der Waals surface area contributed by atoms with Crippen molar-refractivity contribution >= 4 is 23.6 Å². The van der Waals surface area contributed by atoms with Crippen LogP contribution in [0.5, 0.6) is 0 Å². The number of aliphatic hydroxyl groups is 2. The molecule has 0 spiro atoms. The number of benzene rings is 1. The first-order chi connectivity index (χ1) is 17.0. The minimum absolute atomic E-state index is 0.185. The van der Waals surface area contributed by atoms with E-state index in [-0.39, 0.29) is 18.9 Å². The Hall–Kier alpha value is -3.02. The van der Waals surface area contributed by atoms with Crippen LogP contribution in [0.15, 0.2) is 30.3 Å². The third-order valence-electron chi connectivity index (χ3n) is 7.22. The van der Waals surface area contributed by atoms with E-state index in [0.717, 1.165) is 5.56 Å². The minimum atomic E-state index is -1.34. The van der Waals surface area contributed by atoms with E-state index in [4.69, 9.17) is 11.5 Å². The number of amides is 4. The number of nitrogens with zero attached hydrogens (tertiary/aromatic N) is 2. The van der Waals surface area contributed by atoms with Crippen molar-refractivity contribution in [3.05, 3.63) is 35.9 Å². The van der Waals surface area contributed by atoms with Gasteiger partial charge in [-0.15, -0.1) is 0 Å². The monoisotopic (exact) mass is 503 g/mol. The number of aliphatic hydroxyl groups excluding tert-OH is 2. The van der Waals surface area contributed by atoms with Crippen molar-refractivity contribution in [3.63, 3.8) is 0 Å². The molecule has 0 aromatic heterocycles. The molecule has 0 radical (unpaired) electrons. The van der Waals surface area contributed by atoms with Gasteiger partial charge in [-0.2, -0.15) is 0 Å². The average Bonchev–Trinajstić information content (AvgIpc) is 3.49. The number of nitrogens with two attached hydrogens (primary N) is 2. The highest BCUT2D eigenvalue weighted by Gasteiger charge is 2.53. The summed E-state index contributed by atoms with van der Waals surface area (Å²) in [4.78, 5) is 55.4. The Morgan fingerprint density at radius 3 is 2.33 bits per heavy atom. The molecule has 2 aliphatic heterocycles. The van der Waals surface area contributed by atoms with Crippen LogP contribution in [0.2, 0.25) is 0 Å². The van der Waals surface area contributed by atoms with Crippen LogP contribution in [0.1, 0.15) is 45.1 Å². The lowest BCUT2D eigenvalue weighted by Gasteiger charge is -2.41. The third-order valence-corrected chi connectivity index (χ3v) is 7.22. The van der Waals surface area contributed by atoms with Gasteiger partial charge in [-0.05, 0) is 45.1 Å². The van der Waals surface area contributed by atoms with Crippen molar-refractivity contribution in [2.75, 3.05) is 13.1 Å². The van der Waals surface area contributed by atoms with Crippen LogP contribution in [0, 0.1) is 0 Å². The van der Waals surface area contributed by atoms with Crippen molar-refractivity contribution in [3.8, 4) is 0 Å². The zero-order valence-electron chi connectivity index (χ0n) is 20.8. The van der Waals surface area contributed by atoms with Gasteiger partial charge in [-0.25, -0.2) is 0 Å². The molecule has 7 N–H and O–H groups in total. The summed E-state index contributed by atoms with van der Waals surface area (Å²) in [5.41, 5.74) is 10.8. The summed E-state index contributed by atoms with van der Waals surface area (Å²) < 4.78 is 0. The first-order valence-corrected chi connectivity index (χ1v) is 12.4. The molecule has 2 heterocycles. The second kappa shape index (κ2) is 11.4. The predicted molar refractivity (Wildman–Crippen MR) is 131 cm³/mol. The maximum absolute atomic E-state index is 13.9. The number of rotatable bonds is 9. The first kappa shape index (κ1) is 27.6.